The molecule has 2 aromatic carbocycles. The summed E-state index contributed by atoms with van der Waals surface area (Å²) in [4.78, 5) is 14.2. The normalized spacial score (nSPS) is 17.4. The summed E-state index contributed by atoms with van der Waals surface area (Å²) in [5, 5.41) is 1.03. The molecule has 7 heteroatoms. The minimum absolute atomic E-state index is 0.0381. The lowest BCUT2D eigenvalue weighted by Crippen LogP contribution is -2.39. The van der Waals surface area contributed by atoms with Crippen LogP contribution in [0.15, 0.2) is 42.5 Å². The molecule has 1 unspecified atom stereocenters. The van der Waals surface area contributed by atoms with Gasteiger partial charge in [0.2, 0.25) is 0 Å². The number of halogens is 2. The van der Waals surface area contributed by atoms with Gasteiger partial charge in [-0.05, 0) is 44.5 Å². The van der Waals surface area contributed by atoms with E-state index in [4.69, 9.17) is 37.4 Å². The Morgan fingerprint density at radius 1 is 1.16 bits per heavy atom. The SMILES string of the molecule is CC(C)(C)OC(=O)CCN1CCOC(c2ccc(OCc3cccc(Cl)c3Cl)cc2)C1. The van der Waals surface area contributed by atoms with E-state index in [0.29, 0.717) is 36.2 Å². The van der Waals surface area contributed by atoms with E-state index >= 15 is 0 Å². The number of carbonyl (C=O) groups is 1. The molecule has 0 bridgehead atoms. The number of hydrogen-bond donors (Lipinski definition) is 0. The lowest BCUT2D eigenvalue weighted by Gasteiger charge is -2.33. The molecule has 5 nitrogen and oxygen atoms in total. The zero-order valence-corrected chi connectivity index (χ0v) is 19.7. The second-order valence-electron chi connectivity index (χ2n) is 8.57. The van der Waals surface area contributed by atoms with E-state index in [2.05, 4.69) is 4.90 Å². The Bertz CT molecular complexity index is 880. The summed E-state index contributed by atoms with van der Waals surface area (Å²) < 4.78 is 17.2. The van der Waals surface area contributed by atoms with Gasteiger partial charge in [-0.1, -0.05) is 47.5 Å². The summed E-state index contributed by atoms with van der Waals surface area (Å²) in [6, 6.07) is 13.4. The van der Waals surface area contributed by atoms with Gasteiger partial charge in [-0.3, -0.25) is 9.69 Å². The summed E-state index contributed by atoms with van der Waals surface area (Å²) in [5.41, 5.74) is 1.47. The Labute approximate surface area is 194 Å². The standard InChI is InChI=1S/C24H29Cl2NO4/c1-24(2,3)31-22(28)11-12-27-13-14-29-21(15-27)17-7-9-19(10-8-17)30-16-18-5-4-6-20(25)23(18)26/h4-10,21H,11-16H2,1-3H3. The number of benzene rings is 2. The minimum atomic E-state index is -0.452. The van der Waals surface area contributed by atoms with Gasteiger partial charge in [-0.2, -0.15) is 0 Å². The van der Waals surface area contributed by atoms with E-state index in [0.717, 1.165) is 30.0 Å². The van der Waals surface area contributed by atoms with Gasteiger partial charge in [0.1, 0.15) is 18.0 Å². The molecule has 0 amide bonds. The van der Waals surface area contributed by atoms with Gasteiger partial charge in [0.15, 0.2) is 0 Å². The summed E-state index contributed by atoms with van der Waals surface area (Å²) in [5.74, 6) is 0.578. The van der Waals surface area contributed by atoms with Crippen molar-refractivity contribution in [3.63, 3.8) is 0 Å². The maximum Gasteiger partial charge on any atom is 0.307 e. The number of nitrogens with zero attached hydrogens (tertiary/aromatic N) is 1. The van der Waals surface area contributed by atoms with Crippen molar-refractivity contribution in [2.24, 2.45) is 0 Å². The van der Waals surface area contributed by atoms with E-state index in [-0.39, 0.29) is 12.1 Å². The highest BCUT2D eigenvalue weighted by Crippen LogP contribution is 2.28. The van der Waals surface area contributed by atoms with Crippen molar-refractivity contribution in [3.05, 3.63) is 63.6 Å². The highest BCUT2D eigenvalue weighted by Gasteiger charge is 2.23. The van der Waals surface area contributed by atoms with Crippen molar-refractivity contribution < 1.29 is 19.0 Å². The van der Waals surface area contributed by atoms with Crippen LogP contribution in [0, 0.1) is 0 Å². The molecular formula is C24H29Cl2NO4. The molecule has 0 radical (unpaired) electrons. The third-order valence-corrected chi connectivity index (χ3v) is 5.74. The zero-order chi connectivity index (χ0) is 22.4. The third kappa shape index (κ3) is 7.39. The predicted octanol–water partition coefficient (Wildman–Crippen LogP) is 5.68. The van der Waals surface area contributed by atoms with Gasteiger partial charge in [0.25, 0.3) is 0 Å². The Hall–Kier alpha value is -1.79. The van der Waals surface area contributed by atoms with Crippen LogP contribution in [0.5, 0.6) is 5.75 Å². The molecule has 1 heterocycles. The number of carbonyl (C=O) groups excluding carboxylic acids is 1. The smallest absolute Gasteiger partial charge is 0.307 e. The molecule has 1 aliphatic heterocycles. The maximum atomic E-state index is 12.0. The van der Waals surface area contributed by atoms with Crippen molar-refractivity contribution in [3.8, 4) is 5.75 Å². The molecule has 168 valence electrons. The van der Waals surface area contributed by atoms with Crippen LogP contribution in [0.3, 0.4) is 0 Å². The molecular weight excluding hydrogens is 437 g/mol. The molecule has 31 heavy (non-hydrogen) atoms. The fraction of sp³-hybridized carbons (Fsp3) is 0.458. The molecule has 1 fully saturated rings. The first-order valence-corrected chi connectivity index (χ1v) is 11.2. The monoisotopic (exact) mass is 465 g/mol. The molecule has 3 rings (SSSR count). The van der Waals surface area contributed by atoms with E-state index in [1.54, 1.807) is 6.07 Å². The van der Waals surface area contributed by atoms with Gasteiger partial charge in [0, 0.05) is 25.2 Å². The van der Waals surface area contributed by atoms with Gasteiger partial charge < -0.3 is 14.2 Å². The Morgan fingerprint density at radius 2 is 1.90 bits per heavy atom. The van der Waals surface area contributed by atoms with Crippen LogP contribution in [-0.4, -0.2) is 42.7 Å². The third-order valence-electron chi connectivity index (χ3n) is 4.88. The summed E-state index contributed by atoms with van der Waals surface area (Å²) in [7, 11) is 0. The van der Waals surface area contributed by atoms with Crippen molar-refractivity contribution in [2.45, 2.75) is 45.5 Å². The van der Waals surface area contributed by atoms with Crippen LogP contribution in [-0.2, 0) is 20.9 Å². The highest BCUT2D eigenvalue weighted by molar-refractivity contribution is 6.42. The number of hydrogen-bond acceptors (Lipinski definition) is 5. The van der Waals surface area contributed by atoms with Crippen molar-refractivity contribution in [2.75, 3.05) is 26.2 Å². The fourth-order valence-electron chi connectivity index (χ4n) is 3.35. The van der Waals surface area contributed by atoms with Crippen LogP contribution in [0.25, 0.3) is 0 Å². The number of morpholine rings is 1. The summed E-state index contributed by atoms with van der Waals surface area (Å²) in [6.07, 6.45) is 0.340. The average molecular weight is 466 g/mol. The lowest BCUT2D eigenvalue weighted by atomic mass is 10.1. The van der Waals surface area contributed by atoms with E-state index in [9.17, 15) is 4.79 Å². The lowest BCUT2D eigenvalue weighted by molar-refractivity contribution is -0.155. The summed E-state index contributed by atoms with van der Waals surface area (Å²) in [6.45, 7) is 8.83. The van der Waals surface area contributed by atoms with Gasteiger partial charge >= 0.3 is 5.97 Å². The van der Waals surface area contributed by atoms with Gasteiger partial charge in [-0.15, -0.1) is 0 Å². The van der Waals surface area contributed by atoms with E-state index in [1.807, 2.05) is 57.2 Å². The average Bonchev–Trinajstić information content (AvgIpc) is 2.73. The molecule has 1 aliphatic rings. The minimum Gasteiger partial charge on any atom is -0.489 e. The maximum absolute atomic E-state index is 12.0. The number of esters is 1. The Balaban J connectivity index is 1.51. The van der Waals surface area contributed by atoms with E-state index < -0.39 is 5.60 Å². The van der Waals surface area contributed by atoms with Gasteiger partial charge in [-0.25, -0.2) is 0 Å². The van der Waals surface area contributed by atoms with Crippen LogP contribution >= 0.6 is 23.2 Å². The van der Waals surface area contributed by atoms with Crippen LogP contribution in [0.4, 0.5) is 0 Å². The topological polar surface area (TPSA) is 48.0 Å². The largest absolute Gasteiger partial charge is 0.489 e. The molecule has 1 saturated heterocycles. The Morgan fingerprint density at radius 3 is 2.61 bits per heavy atom. The number of ether oxygens (including phenoxy) is 3. The molecule has 1 atom stereocenters. The highest BCUT2D eigenvalue weighted by atomic mass is 35.5. The zero-order valence-electron chi connectivity index (χ0n) is 18.2. The summed E-state index contributed by atoms with van der Waals surface area (Å²) >= 11 is 12.3. The Kier molecular flexibility index (Phi) is 8.23. The predicted molar refractivity (Wildman–Crippen MR) is 123 cm³/mol. The van der Waals surface area contributed by atoms with Crippen LogP contribution in [0.1, 0.15) is 44.4 Å². The molecule has 0 N–H and O–H groups in total. The number of rotatable bonds is 7. The first kappa shape index (κ1) is 23.9. The quantitative estimate of drug-likeness (QED) is 0.492. The van der Waals surface area contributed by atoms with Crippen molar-refractivity contribution >= 4 is 29.2 Å². The van der Waals surface area contributed by atoms with Gasteiger partial charge in [0.05, 0.1) is 29.2 Å². The molecule has 0 aromatic heterocycles. The molecule has 2 aromatic rings. The molecule has 0 spiro atoms. The first-order chi connectivity index (χ1) is 14.7. The fourth-order valence-corrected chi connectivity index (χ4v) is 3.72. The van der Waals surface area contributed by atoms with Crippen molar-refractivity contribution in [1.29, 1.82) is 0 Å². The second-order valence-corrected chi connectivity index (χ2v) is 9.35. The first-order valence-electron chi connectivity index (χ1n) is 10.4. The molecule has 0 aliphatic carbocycles. The second kappa shape index (κ2) is 10.7. The van der Waals surface area contributed by atoms with Crippen molar-refractivity contribution in [1.82, 2.24) is 4.90 Å². The van der Waals surface area contributed by atoms with Crippen LogP contribution in [0.2, 0.25) is 10.0 Å². The van der Waals surface area contributed by atoms with Crippen LogP contribution < -0.4 is 4.74 Å². The molecule has 0 saturated carbocycles. The van der Waals surface area contributed by atoms with E-state index in [1.165, 1.54) is 0 Å².